The Morgan fingerprint density at radius 2 is 1.21 bits per heavy atom. The number of halogens is 3. The predicted molar refractivity (Wildman–Crippen MR) is 159 cm³/mol. The van der Waals surface area contributed by atoms with Crippen LogP contribution in [0.3, 0.4) is 0 Å². The van der Waals surface area contributed by atoms with Gasteiger partial charge in [-0.2, -0.15) is 4.39 Å². The van der Waals surface area contributed by atoms with Crippen molar-refractivity contribution < 1.29 is 17.9 Å². The molecule has 0 aromatic heterocycles. The lowest BCUT2D eigenvalue weighted by Crippen LogP contribution is -2.11. The fourth-order valence-corrected chi connectivity index (χ4v) is 3.50. The largest absolute Gasteiger partial charge is 0.491 e. The number of ether oxygens (including phenoxy) is 1. The SMILES string of the molecule is C=C(/C=C\C(=C)C(=C)/C(F)=C\C(=C)C(C)CCC(C)C(C)CCC(C)C)C(=C)/C(F)=C(/F)C(=C)OCCC. The fraction of sp³-hybridized carbons (Fsp3) is 0.471. The van der Waals surface area contributed by atoms with E-state index in [2.05, 4.69) is 67.2 Å². The molecule has 0 bridgehead atoms. The van der Waals surface area contributed by atoms with Crippen LogP contribution >= 0.6 is 0 Å². The van der Waals surface area contributed by atoms with Crippen LogP contribution in [0.15, 0.2) is 109 Å². The van der Waals surface area contributed by atoms with Gasteiger partial charge in [0.15, 0.2) is 11.6 Å². The molecule has 1 nitrogen and oxygen atoms in total. The molecule has 3 unspecified atom stereocenters. The average molecular weight is 531 g/mol. The lowest BCUT2D eigenvalue weighted by atomic mass is 9.83. The molecule has 0 heterocycles. The quantitative estimate of drug-likeness (QED) is 0.119. The molecule has 0 spiro atoms. The number of hydrogen-bond donors (Lipinski definition) is 0. The van der Waals surface area contributed by atoms with Crippen LogP contribution in [0.4, 0.5) is 13.2 Å². The molecule has 0 aliphatic carbocycles. The molecule has 4 heteroatoms. The van der Waals surface area contributed by atoms with Gasteiger partial charge in [0.05, 0.1) is 6.61 Å². The van der Waals surface area contributed by atoms with E-state index in [0.29, 0.717) is 29.7 Å². The molecule has 0 saturated heterocycles. The van der Waals surface area contributed by atoms with Gasteiger partial charge in [-0.25, -0.2) is 8.78 Å². The summed E-state index contributed by atoms with van der Waals surface area (Å²) >= 11 is 0. The van der Waals surface area contributed by atoms with Crippen LogP contribution in [0.25, 0.3) is 0 Å². The maximum absolute atomic E-state index is 14.9. The van der Waals surface area contributed by atoms with Crippen molar-refractivity contribution in [2.75, 3.05) is 6.61 Å². The van der Waals surface area contributed by atoms with Crippen molar-refractivity contribution in [1.29, 1.82) is 0 Å². The fourth-order valence-electron chi connectivity index (χ4n) is 3.50. The van der Waals surface area contributed by atoms with Gasteiger partial charge < -0.3 is 4.74 Å². The average Bonchev–Trinajstić information content (AvgIpc) is 2.89. The molecule has 0 rings (SSSR count). The topological polar surface area (TPSA) is 9.23 Å². The molecule has 0 aliphatic heterocycles. The summed E-state index contributed by atoms with van der Waals surface area (Å²) in [6, 6.07) is 0. The molecule has 0 amide bonds. The summed E-state index contributed by atoms with van der Waals surface area (Å²) in [5.41, 5.74) is 0.848. The molecule has 0 aromatic rings. The summed E-state index contributed by atoms with van der Waals surface area (Å²) < 4.78 is 48.5. The monoisotopic (exact) mass is 530 g/mol. The Labute approximate surface area is 230 Å². The van der Waals surface area contributed by atoms with E-state index < -0.39 is 23.2 Å². The Balaban J connectivity index is 5.06. The van der Waals surface area contributed by atoms with Gasteiger partial charge in [0.2, 0.25) is 5.83 Å². The highest BCUT2D eigenvalue weighted by Gasteiger charge is 2.17. The Morgan fingerprint density at radius 3 is 1.71 bits per heavy atom. The van der Waals surface area contributed by atoms with Crippen LogP contribution in [-0.4, -0.2) is 6.61 Å². The molecular formula is C34H49F3O. The lowest BCUT2D eigenvalue weighted by Gasteiger charge is -2.22. The highest BCUT2D eigenvalue weighted by Crippen LogP contribution is 2.30. The first-order valence-electron chi connectivity index (χ1n) is 13.5. The number of hydrogen-bond acceptors (Lipinski definition) is 1. The van der Waals surface area contributed by atoms with Gasteiger partial charge in [-0.1, -0.05) is 106 Å². The Bertz CT molecular complexity index is 974. The van der Waals surface area contributed by atoms with Crippen LogP contribution in [0, 0.1) is 23.7 Å². The summed E-state index contributed by atoms with van der Waals surface area (Å²) in [4.78, 5) is 0. The Morgan fingerprint density at radius 1 is 0.711 bits per heavy atom. The Kier molecular flexibility index (Phi) is 16.4. The molecule has 0 aromatic carbocycles. The normalized spacial score (nSPS) is 15.1. The van der Waals surface area contributed by atoms with Crippen LogP contribution in [0.1, 0.15) is 73.6 Å². The third-order valence-corrected chi connectivity index (χ3v) is 6.90. The number of allylic oxidation sites excluding steroid dienone is 11. The maximum atomic E-state index is 14.9. The van der Waals surface area contributed by atoms with Crippen LogP contribution in [-0.2, 0) is 4.74 Å². The second-order valence-electron chi connectivity index (χ2n) is 10.7. The smallest absolute Gasteiger partial charge is 0.200 e. The highest BCUT2D eigenvalue weighted by atomic mass is 19.2. The molecule has 0 radical (unpaired) electrons. The van der Waals surface area contributed by atoms with Crippen molar-refractivity contribution >= 4 is 0 Å². The second kappa shape index (κ2) is 17.7. The minimum atomic E-state index is -1.23. The van der Waals surface area contributed by atoms with E-state index in [1.54, 1.807) is 0 Å². The van der Waals surface area contributed by atoms with E-state index in [9.17, 15) is 13.2 Å². The van der Waals surface area contributed by atoms with Crippen molar-refractivity contribution in [2.24, 2.45) is 23.7 Å². The molecule has 0 N–H and O–H groups in total. The van der Waals surface area contributed by atoms with Gasteiger partial charge >= 0.3 is 0 Å². The van der Waals surface area contributed by atoms with Gasteiger partial charge in [-0.05, 0) is 65.7 Å². The molecule has 38 heavy (non-hydrogen) atoms. The summed E-state index contributed by atoms with van der Waals surface area (Å²) in [6.45, 7) is 35.5. The van der Waals surface area contributed by atoms with E-state index in [1.807, 2.05) is 13.8 Å². The first kappa shape index (κ1) is 35.2. The minimum Gasteiger partial charge on any atom is -0.491 e. The van der Waals surface area contributed by atoms with Crippen LogP contribution in [0.5, 0.6) is 0 Å². The van der Waals surface area contributed by atoms with Gasteiger partial charge in [0.1, 0.15) is 5.83 Å². The van der Waals surface area contributed by atoms with Crippen molar-refractivity contribution in [2.45, 2.75) is 73.6 Å². The molecule has 212 valence electrons. The summed E-state index contributed by atoms with van der Waals surface area (Å²) in [5, 5.41) is 0. The zero-order valence-corrected chi connectivity index (χ0v) is 24.6. The Hall–Kier alpha value is -2.75. The van der Waals surface area contributed by atoms with Gasteiger partial charge in [-0.15, -0.1) is 0 Å². The zero-order chi connectivity index (χ0) is 29.6. The van der Waals surface area contributed by atoms with Crippen molar-refractivity contribution in [1.82, 2.24) is 0 Å². The lowest BCUT2D eigenvalue weighted by molar-refractivity contribution is 0.208. The molecule has 0 aliphatic rings. The number of rotatable bonds is 19. The minimum absolute atomic E-state index is 0.0761. The summed E-state index contributed by atoms with van der Waals surface area (Å²) in [7, 11) is 0. The highest BCUT2D eigenvalue weighted by molar-refractivity contribution is 5.53. The van der Waals surface area contributed by atoms with Crippen molar-refractivity contribution in [3.05, 3.63) is 109 Å². The van der Waals surface area contributed by atoms with Crippen LogP contribution < -0.4 is 0 Å². The van der Waals surface area contributed by atoms with E-state index >= 15 is 0 Å². The predicted octanol–water partition coefficient (Wildman–Crippen LogP) is 11.4. The molecular weight excluding hydrogens is 481 g/mol. The molecule has 0 saturated carbocycles. The maximum Gasteiger partial charge on any atom is 0.200 e. The first-order valence-corrected chi connectivity index (χ1v) is 13.5. The summed E-state index contributed by atoms with van der Waals surface area (Å²) in [6.07, 6.45) is 9.27. The van der Waals surface area contributed by atoms with E-state index in [-0.39, 0.29) is 34.8 Å². The van der Waals surface area contributed by atoms with E-state index in [4.69, 9.17) is 4.74 Å². The molecule has 0 fully saturated rings. The summed E-state index contributed by atoms with van der Waals surface area (Å²) in [5.74, 6) is -1.32. The molecule has 3 atom stereocenters. The van der Waals surface area contributed by atoms with E-state index in [1.165, 1.54) is 31.1 Å². The standard InChI is InChI=1S/C34H49F3O/c1-13-20-38-31(12)34(37)33(36)30(11)27(8)19-18-26(7)29(10)32(35)21-28(9)25(6)17-16-24(5)23(4)15-14-22(2)3/h18-19,21-25H,7-17,20H2,1-6H3/b19-18-,32-21+,34-33-. The van der Waals surface area contributed by atoms with E-state index in [0.717, 1.165) is 12.8 Å². The van der Waals surface area contributed by atoms with Crippen molar-refractivity contribution in [3.63, 3.8) is 0 Å². The second-order valence-corrected chi connectivity index (χ2v) is 10.7. The van der Waals surface area contributed by atoms with Crippen LogP contribution in [0.2, 0.25) is 0 Å². The first-order chi connectivity index (χ1) is 17.6. The van der Waals surface area contributed by atoms with Gasteiger partial charge in [-0.3, -0.25) is 0 Å². The zero-order valence-electron chi connectivity index (χ0n) is 24.6. The van der Waals surface area contributed by atoms with Gasteiger partial charge in [0.25, 0.3) is 0 Å². The van der Waals surface area contributed by atoms with Gasteiger partial charge in [0, 0.05) is 11.1 Å². The third kappa shape index (κ3) is 12.7. The van der Waals surface area contributed by atoms with Crippen molar-refractivity contribution in [3.8, 4) is 0 Å². The third-order valence-electron chi connectivity index (χ3n) is 6.90.